The van der Waals surface area contributed by atoms with Gasteiger partial charge in [-0.05, 0) is 37.6 Å². The van der Waals surface area contributed by atoms with Gasteiger partial charge in [0.25, 0.3) is 5.91 Å². The first-order valence-corrected chi connectivity index (χ1v) is 6.99. The highest BCUT2D eigenvalue weighted by Gasteiger charge is 2.43. The molecule has 1 unspecified atom stereocenters. The van der Waals surface area contributed by atoms with Crippen molar-refractivity contribution in [1.82, 2.24) is 5.32 Å². The zero-order valence-electron chi connectivity index (χ0n) is 12.9. The summed E-state index contributed by atoms with van der Waals surface area (Å²) in [5.41, 5.74) is 6.68. The quantitative estimate of drug-likeness (QED) is 0.650. The lowest BCUT2D eigenvalue weighted by Gasteiger charge is -2.17. The molecule has 0 heterocycles. The Labute approximate surface area is 146 Å². The summed E-state index contributed by atoms with van der Waals surface area (Å²) in [7, 11) is 0. The Kier molecular flexibility index (Phi) is 8.69. The van der Waals surface area contributed by atoms with Gasteiger partial charge in [0.2, 0.25) is 0 Å². The summed E-state index contributed by atoms with van der Waals surface area (Å²) in [5.74, 6) is -0.933. The smallest absolute Gasteiger partial charge is 0.350 e. The minimum Gasteiger partial charge on any atom is -0.350 e. The highest BCUT2D eigenvalue weighted by atomic mass is 35.5. The van der Waals surface area contributed by atoms with Crippen molar-refractivity contribution in [3.05, 3.63) is 34.9 Å². The Bertz CT molecular complexity index is 577. The van der Waals surface area contributed by atoms with Crippen molar-refractivity contribution in [3.63, 3.8) is 0 Å². The predicted octanol–water partition coefficient (Wildman–Crippen LogP) is 2.94. The lowest BCUT2D eigenvalue weighted by atomic mass is 10.0. The zero-order valence-corrected chi connectivity index (χ0v) is 13.7. The zero-order chi connectivity index (χ0) is 18.5. The van der Waals surface area contributed by atoms with Gasteiger partial charge in [-0.3, -0.25) is 4.79 Å². The molecule has 0 saturated carbocycles. The first kappa shape index (κ1) is 23.5. The van der Waals surface area contributed by atoms with E-state index in [2.05, 4.69) is 5.32 Å². The Morgan fingerprint density at radius 3 is 2.12 bits per heavy atom. The third-order valence-corrected chi connectivity index (χ3v) is 3.20. The van der Waals surface area contributed by atoms with E-state index in [9.17, 15) is 31.1 Å². The second-order valence-electron chi connectivity index (χ2n) is 5.16. The van der Waals surface area contributed by atoms with Crippen molar-refractivity contribution in [3.8, 4) is 0 Å². The molecule has 0 aliphatic carbocycles. The molecule has 1 rings (SSSR count). The van der Waals surface area contributed by atoms with Crippen LogP contribution >= 0.6 is 12.4 Å². The van der Waals surface area contributed by atoms with Crippen LogP contribution in [0.25, 0.3) is 0 Å². The van der Waals surface area contributed by atoms with E-state index in [-0.39, 0.29) is 31.1 Å². The molecule has 5 N–H and O–H groups in total. The summed E-state index contributed by atoms with van der Waals surface area (Å²) in [6, 6.07) is 0.670. The number of halogens is 7. The van der Waals surface area contributed by atoms with E-state index in [1.165, 1.54) is 0 Å². The van der Waals surface area contributed by atoms with Crippen molar-refractivity contribution in [2.75, 3.05) is 13.1 Å². The number of nitrogens with one attached hydrogen (secondary N) is 1. The Hall–Kier alpha value is -1.52. The van der Waals surface area contributed by atoms with Crippen LogP contribution in [0.15, 0.2) is 18.2 Å². The van der Waals surface area contributed by atoms with E-state index < -0.39 is 41.0 Å². The lowest BCUT2D eigenvalue weighted by molar-refractivity contribution is -0.162. The summed E-state index contributed by atoms with van der Waals surface area (Å²) < 4.78 is 76.4. The molecule has 0 radical (unpaired) electrons. The second-order valence-corrected chi connectivity index (χ2v) is 5.16. The highest BCUT2D eigenvalue weighted by Crippen LogP contribution is 2.40. The molecule has 1 amide bonds. The molecule has 0 fully saturated rings. The maximum absolute atomic E-state index is 12.8. The normalized spacial score (nSPS) is 13.1. The van der Waals surface area contributed by atoms with Crippen molar-refractivity contribution in [2.24, 2.45) is 11.5 Å². The Morgan fingerprint density at radius 1 is 1.08 bits per heavy atom. The molecule has 1 aromatic carbocycles. The summed E-state index contributed by atoms with van der Waals surface area (Å²) in [6.07, 6.45) is -9.31. The first-order valence-electron chi connectivity index (χ1n) is 6.99. The highest BCUT2D eigenvalue weighted by molar-refractivity contribution is 5.94. The largest absolute Gasteiger partial charge is 0.417 e. The molecular formula is C14H18ClF6N3O. The first-order chi connectivity index (χ1) is 11.0. The van der Waals surface area contributed by atoms with Gasteiger partial charge >= 0.3 is 12.4 Å². The fourth-order valence-electron chi connectivity index (χ4n) is 1.98. The monoisotopic (exact) mass is 393 g/mol. The number of hydrogen-bond acceptors (Lipinski definition) is 3. The summed E-state index contributed by atoms with van der Waals surface area (Å²) in [5, 5.41) is 2.29. The minimum absolute atomic E-state index is 0. The summed E-state index contributed by atoms with van der Waals surface area (Å²) in [4.78, 5) is 11.8. The number of rotatable bonds is 6. The standard InChI is InChI=1S/C14H17F6N3O.ClH/c15-13(16,17)10-4-3-8(6-11(10)14(18,19)20)12(24)23-7-9(22)2-1-5-21;/h3-4,6,9H,1-2,5,7,21-22H2,(H,23,24);1H. The molecule has 1 atom stereocenters. The maximum Gasteiger partial charge on any atom is 0.417 e. The number of carbonyl (C=O) groups excluding carboxylic acids is 1. The van der Waals surface area contributed by atoms with Gasteiger partial charge < -0.3 is 16.8 Å². The van der Waals surface area contributed by atoms with Gasteiger partial charge in [-0.2, -0.15) is 26.3 Å². The van der Waals surface area contributed by atoms with Gasteiger partial charge in [0.1, 0.15) is 0 Å². The number of hydrogen-bond donors (Lipinski definition) is 3. The topological polar surface area (TPSA) is 81.1 Å². The fraction of sp³-hybridized carbons (Fsp3) is 0.500. The van der Waals surface area contributed by atoms with Crippen LogP contribution in [-0.2, 0) is 12.4 Å². The van der Waals surface area contributed by atoms with E-state index in [0.29, 0.717) is 25.5 Å². The van der Waals surface area contributed by atoms with Gasteiger partial charge in [0.05, 0.1) is 11.1 Å². The summed E-state index contributed by atoms with van der Waals surface area (Å²) >= 11 is 0. The molecule has 144 valence electrons. The molecule has 0 saturated heterocycles. The van der Waals surface area contributed by atoms with Gasteiger partial charge in [-0.25, -0.2) is 0 Å². The lowest BCUT2D eigenvalue weighted by Crippen LogP contribution is -2.37. The molecule has 0 bridgehead atoms. The molecule has 0 spiro atoms. The number of benzene rings is 1. The minimum atomic E-state index is -5.24. The molecule has 25 heavy (non-hydrogen) atoms. The number of amides is 1. The van der Waals surface area contributed by atoms with E-state index in [0.717, 1.165) is 0 Å². The number of nitrogens with two attached hydrogens (primary N) is 2. The van der Waals surface area contributed by atoms with Gasteiger partial charge in [-0.15, -0.1) is 12.4 Å². The predicted molar refractivity (Wildman–Crippen MR) is 82.3 cm³/mol. The average Bonchev–Trinajstić information content (AvgIpc) is 2.48. The van der Waals surface area contributed by atoms with E-state index in [1.807, 2.05) is 0 Å². The third kappa shape index (κ3) is 7.09. The van der Waals surface area contributed by atoms with Gasteiger partial charge in [0.15, 0.2) is 0 Å². The van der Waals surface area contributed by atoms with Crippen LogP contribution in [0.2, 0.25) is 0 Å². The van der Waals surface area contributed by atoms with Gasteiger partial charge in [-0.1, -0.05) is 0 Å². The SMILES string of the molecule is Cl.NCCCC(N)CNC(=O)c1ccc(C(F)(F)F)c(C(F)(F)F)c1. The van der Waals surface area contributed by atoms with Crippen LogP contribution in [0.4, 0.5) is 26.3 Å². The van der Waals surface area contributed by atoms with Crippen LogP contribution in [0.5, 0.6) is 0 Å². The van der Waals surface area contributed by atoms with Crippen LogP contribution in [0.3, 0.4) is 0 Å². The molecular weight excluding hydrogens is 376 g/mol. The molecule has 4 nitrogen and oxygen atoms in total. The third-order valence-electron chi connectivity index (χ3n) is 3.20. The number of carbonyl (C=O) groups is 1. The van der Waals surface area contributed by atoms with Crippen molar-refractivity contribution in [1.29, 1.82) is 0 Å². The van der Waals surface area contributed by atoms with Gasteiger partial charge in [0, 0.05) is 18.2 Å². The van der Waals surface area contributed by atoms with Crippen LogP contribution in [-0.4, -0.2) is 25.0 Å². The van der Waals surface area contributed by atoms with Crippen molar-refractivity contribution in [2.45, 2.75) is 31.2 Å². The molecule has 11 heteroatoms. The molecule has 0 aliphatic rings. The maximum atomic E-state index is 12.8. The van der Waals surface area contributed by atoms with Crippen LogP contribution in [0.1, 0.15) is 34.3 Å². The van der Waals surface area contributed by atoms with E-state index in [1.54, 1.807) is 0 Å². The van der Waals surface area contributed by atoms with Crippen molar-refractivity contribution >= 4 is 18.3 Å². The van der Waals surface area contributed by atoms with Crippen LogP contribution in [0, 0.1) is 0 Å². The molecule has 0 aromatic heterocycles. The van der Waals surface area contributed by atoms with Crippen LogP contribution < -0.4 is 16.8 Å². The second kappa shape index (κ2) is 9.25. The Morgan fingerprint density at radius 2 is 1.64 bits per heavy atom. The average molecular weight is 394 g/mol. The Balaban J connectivity index is 0.00000576. The summed E-state index contributed by atoms with van der Waals surface area (Å²) in [6.45, 7) is 0.372. The molecule has 0 aliphatic heterocycles. The molecule has 1 aromatic rings. The fourth-order valence-corrected chi connectivity index (χ4v) is 1.98. The van der Waals surface area contributed by atoms with E-state index in [4.69, 9.17) is 11.5 Å². The number of alkyl halides is 6. The van der Waals surface area contributed by atoms with E-state index >= 15 is 0 Å². The van der Waals surface area contributed by atoms with Crippen molar-refractivity contribution < 1.29 is 31.1 Å².